The van der Waals surface area contributed by atoms with Gasteiger partial charge < -0.3 is 10.2 Å². The third kappa shape index (κ3) is 2.07. The van der Waals surface area contributed by atoms with Crippen LogP contribution in [0.2, 0.25) is 0 Å². The molecule has 0 unspecified atom stereocenters. The van der Waals surface area contributed by atoms with Crippen LogP contribution in [0.15, 0.2) is 36.4 Å². The van der Waals surface area contributed by atoms with Crippen molar-refractivity contribution >= 4 is 17.1 Å². The lowest BCUT2D eigenvalue weighted by Gasteiger charge is -2.34. The zero-order valence-corrected chi connectivity index (χ0v) is 11.8. The number of para-hydroxylation sites is 2. The molecule has 2 nitrogen and oxygen atoms in total. The highest BCUT2D eigenvalue weighted by atomic mass is 15.2. The van der Waals surface area contributed by atoms with Crippen molar-refractivity contribution in [1.29, 1.82) is 0 Å². The summed E-state index contributed by atoms with van der Waals surface area (Å²) in [6, 6.07) is 13.1. The summed E-state index contributed by atoms with van der Waals surface area (Å²) in [6.45, 7) is 8.58. The van der Waals surface area contributed by atoms with Gasteiger partial charge in [-0.2, -0.15) is 0 Å². The number of hydrogen-bond donors (Lipinski definition) is 1. The van der Waals surface area contributed by atoms with E-state index in [0.29, 0.717) is 0 Å². The van der Waals surface area contributed by atoms with Crippen molar-refractivity contribution in [1.82, 2.24) is 0 Å². The van der Waals surface area contributed by atoms with Crippen LogP contribution in [-0.4, -0.2) is 13.1 Å². The zero-order chi connectivity index (χ0) is 13.4. The lowest BCUT2D eigenvalue weighted by Crippen LogP contribution is -2.31. The maximum Gasteiger partial charge on any atom is 0.0647 e. The van der Waals surface area contributed by atoms with Crippen LogP contribution in [0, 0.1) is 20.8 Å². The Morgan fingerprint density at radius 3 is 2.42 bits per heavy atom. The van der Waals surface area contributed by atoms with Gasteiger partial charge in [-0.25, -0.2) is 0 Å². The largest absolute Gasteiger partial charge is 0.382 e. The second-order valence-corrected chi connectivity index (χ2v) is 5.34. The van der Waals surface area contributed by atoms with Gasteiger partial charge in [0.15, 0.2) is 0 Å². The molecular weight excluding hydrogens is 232 g/mol. The molecule has 0 spiro atoms. The van der Waals surface area contributed by atoms with E-state index >= 15 is 0 Å². The summed E-state index contributed by atoms with van der Waals surface area (Å²) in [4.78, 5) is 2.44. The van der Waals surface area contributed by atoms with Crippen molar-refractivity contribution < 1.29 is 0 Å². The van der Waals surface area contributed by atoms with Gasteiger partial charge in [0.2, 0.25) is 0 Å². The molecule has 98 valence electrons. The minimum atomic E-state index is 0.990. The predicted molar refractivity (Wildman–Crippen MR) is 82.6 cm³/mol. The van der Waals surface area contributed by atoms with Crippen LogP contribution in [0.1, 0.15) is 16.7 Å². The SMILES string of the molecule is Cc1cc(C)c(N2CCNc3ccccc32)c(C)c1. The minimum Gasteiger partial charge on any atom is -0.382 e. The summed E-state index contributed by atoms with van der Waals surface area (Å²) in [5.41, 5.74) is 7.92. The van der Waals surface area contributed by atoms with Gasteiger partial charge in [-0.1, -0.05) is 29.8 Å². The van der Waals surface area contributed by atoms with Crippen molar-refractivity contribution in [2.75, 3.05) is 23.3 Å². The molecule has 2 heteroatoms. The summed E-state index contributed by atoms with van der Waals surface area (Å²) in [6.07, 6.45) is 0. The average molecular weight is 252 g/mol. The molecule has 0 radical (unpaired) electrons. The Morgan fingerprint density at radius 2 is 1.68 bits per heavy atom. The molecule has 1 N–H and O–H groups in total. The van der Waals surface area contributed by atoms with E-state index in [-0.39, 0.29) is 0 Å². The fourth-order valence-electron chi connectivity index (χ4n) is 3.11. The Morgan fingerprint density at radius 1 is 1.00 bits per heavy atom. The molecule has 0 amide bonds. The molecule has 2 aromatic rings. The number of rotatable bonds is 1. The normalized spacial score (nSPS) is 13.9. The molecule has 0 saturated carbocycles. The second-order valence-electron chi connectivity index (χ2n) is 5.34. The molecule has 0 fully saturated rings. The summed E-state index contributed by atoms with van der Waals surface area (Å²) in [5, 5.41) is 3.47. The van der Waals surface area contributed by atoms with E-state index in [0.717, 1.165) is 13.1 Å². The lowest BCUT2D eigenvalue weighted by molar-refractivity contribution is 0.917. The van der Waals surface area contributed by atoms with E-state index in [1.165, 1.54) is 33.8 Å². The third-order valence-electron chi connectivity index (χ3n) is 3.75. The van der Waals surface area contributed by atoms with Gasteiger partial charge in [0.25, 0.3) is 0 Å². The monoisotopic (exact) mass is 252 g/mol. The summed E-state index contributed by atoms with van der Waals surface area (Å²) in [7, 11) is 0. The Hall–Kier alpha value is -1.96. The van der Waals surface area contributed by atoms with Crippen LogP contribution in [0.3, 0.4) is 0 Å². The first-order valence-electron chi connectivity index (χ1n) is 6.85. The number of benzene rings is 2. The van der Waals surface area contributed by atoms with Crippen molar-refractivity contribution in [2.45, 2.75) is 20.8 Å². The van der Waals surface area contributed by atoms with E-state index in [2.05, 4.69) is 67.4 Å². The maximum atomic E-state index is 3.47. The molecule has 0 atom stereocenters. The second kappa shape index (κ2) is 4.61. The van der Waals surface area contributed by atoms with E-state index in [1.807, 2.05) is 0 Å². The fourth-order valence-corrected chi connectivity index (χ4v) is 3.11. The van der Waals surface area contributed by atoms with Crippen LogP contribution in [0.4, 0.5) is 17.1 Å². The topological polar surface area (TPSA) is 15.3 Å². The summed E-state index contributed by atoms with van der Waals surface area (Å²) >= 11 is 0. The van der Waals surface area contributed by atoms with Gasteiger partial charge in [0, 0.05) is 18.8 Å². The van der Waals surface area contributed by atoms with E-state index in [1.54, 1.807) is 0 Å². The molecule has 2 aromatic carbocycles. The van der Waals surface area contributed by atoms with Gasteiger partial charge in [-0.05, 0) is 44.0 Å². The van der Waals surface area contributed by atoms with Crippen LogP contribution in [0.5, 0.6) is 0 Å². The highest BCUT2D eigenvalue weighted by Gasteiger charge is 2.20. The first-order chi connectivity index (χ1) is 9.16. The molecule has 3 rings (SSSR count). The van der Waals surface area contributed by atoms with Crippen molar-refractivity contribution in [3.05, 3.63) is 53.1 Å². The predicted octanol–water partition coefficient (Wildman–Crippen LogP) is 4.18. The number of aryl methyl sites for hydroxylation is 3. The molecule has 0 aliphatic carbocycles. The highest BCUT2D eigenvalue weighted by Crippen LogP contribution is 2.37. The molecule has 19 heavy (non-hydrogen) atoms. The van der Waals surface area contributed by atoms with Crippen molar-refractivity contribution in [2.24, 2.45) is 0 Å². The van der Waals surface area contributed by atoms with Crippen LogP contribution in [0.25, 0.3) is 0 Å². The number of hydrogen-bond acceptors (Lipinski definition) is 2. The quantitative estimate of drug-likeness (QED) is 0.819. The van der Waals surface area contributed by atoms with Gasteiger partial charge in [-0.15, -0.1) is 0 Å². The number of fused-ring (bicyclic) bond motifs is 1. The molecule has 1 heterocycles. The van der Waals surface area contributed by atoms with Gasteiger partial charge in [0.1, 0.15) is 0 Å². The van der Waals surface area contributed by atoms with Crippen LogP contribution in [-0.2, 0) is 0 Å². The Kier molecular flexibility index (Phi) is 2.94. The number of anilines is 3. The van der Waals surface area contributed by atoms with Crippen LogP contribution < -0.4 is 10.2 Å². The molecule has 0 bridgehead atoms. The number of nitrogens with zero attached hydrogens (tertiary/aromatic N) is 1. The van der Waals surface area contributed by atoms with E-state index < -0.39 is 0 Å². The Labute approximate surface area is 115 Å². The lowest BCUT2D eigenvalue weighted by atomic mass is 10.0. The van der Waals surface area contributed by atoms with Gasteiger partial charge >= 0.3 is 0 Å². The summed E-state index contributed by atoms with van der Waals surface area (Å²) in [5.74, 6) is 0. The van der Waals surface area contributed by atoms with E-state index in [9.17, 15) is 0 Å². The van der Waals surface area contributed by atoms with E-state index in [4.69, 9.17) is 0 Å². The first-order valence-corrected chi connectivity index (χ1v) is 6.85. The maximum absolute atomic E-state index is 3.47. The van der Waals surface area contributed by atoms with Crippen molar-refractivity contribution in [3.8, 4) is 0 Å². The molecule has 1 aliphatic rings. The molecule has 0 aromatic heterocycles. The Bertz CT molecular complexity index is 593. The molecular formula is C17H20N2. The number of nitrogens with one attached hydrogen (secondary N) is 1. The smallest absolute Gasteiger partial charge is 0.0647 e. The van der Waals surface area contributed by atoms with Gasteiger partial charge in [0.05, 0.1) is 11.4 Å². The standard InChI is InChI=1S/C17H20N2/c1-12-10-13(2)17(14(3)11-12)19-9-8-18-15-6-4-5-7-16(15)19/h4-7,10-11,18H,8-9H2,1-3H3. The van der Waals surface area contributed by atoms with Crippen molar-refractivity contribution in [3.63, 3.8) is 0 Å². The molecule has 1 aliphatic heterocycles. The zero-order valence-electron chi connectivity index (χ0n) is 11.8. The average Bonchev–Trinajstić information content (AvgIpc) is 2.38. The van der Waals surface area contributed by atoms with Gasteiger partial charge in [-0.3, -0.25) is 0 Å². The van der Waals surface area contributed by atoms with Crippen LogP contribution >= 0.6 is 0 Å². The first kappa shape index (κ1) is 12.1. The molecule has 0 saturated heterocycles. The highest BCUT2D eigenvalue weighted by molar-refractivity contribution is 5.80. The third-order valence-corrected chi connectivity index (χ3v) is 3.75. The minimum absolute atomic E-state index is 0.990. The Balaban J connectivity index is 2.14. The summed E-state index contributed by atoms with van der Waals surface area (Å²) < 4.78 is 0. The fraction of sp³-hybridized carbons (Fsp3) is 0.294.